The molecule has 36 heavy (non-hydrogen) atoms. The highest BCUT2D eigenvalue weighted by Gasteiger charge is 2.24. The molecular weight excluding hydrogens is 436 g/mol. The molecule has 0 N–H and O–H groups in total. The summed E-state index contributed by atoms with van der Waals surface area (Å²) in [5, 5.41) is 0. The molecule has 214 valence electrons. The minimum Gasteiger partial charge on any atom is -0.356 e. The molecule has 0 saturated carbocycles. The van der Waals surface area contributed by atoms with Crippen LogP contribution in [-0.4, -0.2) is 29.1 Å². The number of nitrogens with zero attached hydrogens (tertiary/aromatic N) is 2. The quantitative estimate of drug-likeness (QED) is 0.0977. The third-order valence-corrected chi connectivity index (χ3v) is 8.32. The minimum atomic E-state index is 0.642. The predicted octanol–water partition coefficient (Wildman–Crippen LogP) is 11.6. The summed E-state index contributed by atoms with van der Waals surface area (Å²) in [4.78, 5) is 5.40. The Kier molecular flexibility index (Phi) is 24.1. The molecule has 0 amide bonds. The first-order valence-corrected chi connectivity index (χ1v) is 17.0. The van der Waals surface area contributed by atoms with Gasteiger partial charge in [0.2, 0.25) is 0 Å². The van der Waals surface area contributed by atoms with E-state index in [1.165, 1.54) is 180 Å². The predicted molar refractivity (Wildman–Crippen MR) is 163 cm³/mol. The van der Waals surface area contributed by atoms with Gasteiger partial charge in [-0.2, -0.15) is 0 Å². The lowest BCUT2D eigenvalue weighted by molar-refractivity contribution is 0.135. The van der Waals surface area contributed by atoms with Crippen LogP contribution in [0.2, 0.25) is 0 Å². The molecule has 1 atom stereocenters. The van der Waals surface area contributed by atoms with Gasteiger partial charge in [0.15, 0.2) is 0 Å². The van der Waals surface area contributed by atoms with Crippen LogP contribution < -0.4 is 0 Å². The van der Waals surface area contributed by atoms with Crippen molar-refractivity contribution in [1.82, 2.24) is 9.80 Å². The number of hydrogen-bond donors (Lipinski definition) is 0. The zero-order valence-electron chi connectivity index (χ0n) is 25.4. The van der Waals surface area contributed by atoms with Crippen molar-refractivity contribution in [3.8, 4) is 0 Å². The van der Waals surface area contributed by atoms with E-state index in [4.69, 9.17) is 0 Å². The molecule has 0 spiro atoms. The maximum atomic E-state index is 2.70. The fourth-order valence-corrected chi connectivity index (χ4v) is 5.83. The Morgan fingerprint density at radius 3 is 0.972 bits per heavy atom. The van der Waals surface area contributed by atoms with Gasteiger partial charge in [-0.05, 0) is 25.7 Å². The van der Waals surface area contributed by atoms with Crippen molar-refractivity contribution >= 4 is 0 Å². The molecule has 0 radical (unpaired) electrons. The molecule has 0 aliphatic carbocycles. The smallest absolute Gasteiger partial charge is 0.101 e. The first-order chi connectivity index (χ1) is 17.8. The summed E-state index contributed by atoms with van der Waals surface area (Å²) in [6.07, 6.45) is 42.5. The lowest BCUT2D eigenvalue weighted by Crippen LogP contribution is -2.39. The SMILES string of the molecule is CCCCCCCCCCCCN1C=CN(CCCCCCCCC)C1CCCCCCCCCC. The van der Waals surface area contributed by atoms with E-state index in [0.29, 0.717) is 6.17 Å². The summed E-state index contributed by atoms with van der Waals surface area (Å²) in [5.74, 6) is 0. The molecule has 0 aromatic rings. The van der Waals surface area contributed by atoms with Crippen LogP contribution >= 0.6 is 0 Å². The lowest BCUT2D eigenvalue weighted by Gasteiger charge is -2.33. The highest BCUT2D eigenvalue weighted by atomic mass is 15.4. The van der Waals surface area contributed by atoms with Crippen LogP contribution in [0.1, 0.15) is 188 Å². The van der Waals surface area contributed by atoms with Crippen LogP contribution in [0, 0.1) is 0 Å². The van der Waals surface area contributed by atoms with Gasteiger partial charge in [0.1, 0.15) is 6.17 Å². The molecule has 1 rings (SSSR count). The van der Waals surface area contributed by atoms with E-state index in [-0.39, 0.29) is 0 Å². The first kappa shape index (κ1) is 33.4. The van der Waals surface area contributed by atoms with Crippen LogP contribution in [0.15, 0.2) is 12.4 Å². The van der Waals surface area contributed by atoms with E-state index in [1.807, 2.05) is 0 Å². The van der Waals surface area contributed by atoms with Gasteiger partial charge < -0.3 is 9.80 Å². The highest BCUT2D eigenvalue weighted by molar-refractivity contribution is 4.97. The van der Waals surface area contributed by atoms with Gasteiger partial charge in [-0.15, -0.1) is 0 Å². The average Bonchev–Trinajstić information content (AvgIpc) is 3.27. The van der Waals surface area contributed by atoms with Gasteiger partial charge in [-0.25, -0.2) is 0 Å². The molecule has 0 fully saturated rings. The summed E-state index contributed by atoms with van der Waals surface area (Å²) in [7, 11) is 0. The second-order valence-electron chi connectivity index (χ2n) is 11.8. The largest absolute Gasteiger partial charge is 0.356 e. The number of hydrogen-bond acceptors (Lipinski definition) is 2. The highest BCUT2D eigenvalue weighted by Crippen LogP contribution is 2.24. The van der Waals surface area contributed by atoms with Crippen molar-refractivity contribution in [2.45, 2.75) is 194 Å². The first-order valence-electron chi connectivity index (χ1n) is 17.0. The molecule has 0 saturated heterocycles. The van der Waals surface area contributed by atoms with Crippen LogP contribution in [0.25, 0.3) is 0 Å². The Balaban J connectivity index is 2.25. The van der Waals surface area contributed by atoms with Crippen LogP contribution in [-0.2, 0) is 0 Å². The molecule has 0 aromatic heterocycles. The van der Waals surface area contributed by atoms with Crippen LogP contribution in [0.5, 0.6) is 0 Å². The zero-order valence-corrected chi connectivity index (χ0v) is 25.4. The molecule has 1 unspecified atom stereocenters. The second kappa shape index (κ2) is 26.0. The molecule has 0 bridgehead atoms. The third kappa shape index (κ3) is 18.6. The maximum absolute atomic E-state index is 2.70. The van der Waals surface area contributed by atoms with E-state index in [9.17, 15) is 0 Å². The summed E-state index contributed by atoms with van der Waals surface area (Å²) < 4.78 is 0. The monoisotopic (exact) mass is 505 g/mol. The van der Waals surface area contributed by atoms with E-state index < -0.39 is 0 Å². The Bertz CT molecular complexity index is 460. The van der Waals surface area contributed by atoms with E-state index in [2.05, 4.69) is 43.0 Å². The van der Waals surface area contributed by atoms with Crippen LogP contribution in [0.4, 0.5) is 0 Å². The van der Waals surface area contributed by atoms with Gasteiger partial charge >= 0.3 is 0 Å². The fraction of sp³-hybridized carbons (Fsp3) is 0.941. The number of unbranched alkanes of at least 4 members (excludes halogenated alkanes) is 22. The Hall–Kier alpha value is -0.660. The van der Waals surface area contributed by atoms with Crippen molar-refractivity contribution in [2.75, 3.05) is 13.1 Å². The minimum absolute atomic E-state index is 0.642. The molecular formula is C34H68N2. The van der Waals surface area contributed by atoms with Crippen molar-refractivity contribution in [1.29, 1.82) is 0 Å². The number of rotatable bonds is 28. The average molecular weight is 505 g/mol. The molecule has 2 heteroatoms. The standard InChI is InChI=1S/C34H68N2/c1-4-7-10-13-16-18-19-22-25-28-31-36-33-32-35(30-27-24-21-15-12-9-6-3)34(36)29-26-23-20-17-14-11-8-5-2/h32-34H,4-31H2,1-3H3. The Morgan fingerprint density at radius 1 is 0.361 bits per heavy atom. The fourth-order valence-electron chi connectivity index (χ4n) is 5.83. The second-order valence-corrected chi connectivity index (χ2v) is 11.8. The molecule has 2 nitrogen and oxygen atoms in total. The van der Waals surface area contributed by atoms with Gasteiger partial charge in [0.05, 0.1) is 0 Å². The topological polar surface area (TPSA) is 6.48 Å². The Labute approximate surface area is 229 Å². The van der Waals surface area contributed by atoms with Crippen molar-refractivity contribution in [3.05, 3.63) is 12.4 Å². The lowest BCUT2D eigenvalue weighted by atomic mass is 10.1. The van der Waals surface area contributed by atoms with Crippen molar-refractivity contribution in [3.63, 3.8) is 0 Å². The van der Waals surface area contributed by atoms with E-state index >= 15 is 0 Å². The van der Waals surface area contributed by atoms with Crippen molar-refractivity contribution in [2.24, 2.45) is 0 Å². The summed E-state index contributed by atoms with van der Waals surface area (Å²) in [6, 6.07) is 0. The Morgan fingerprint density at radius 2 is 0.639 bits per heavy atom. The summed E-state index contributed by atoms with van der Waals surface area (Å²) in [5.41, 5.74) is 0. The molecule has 0 aromatic carbocycles. The normalized spacial score (nSPS) is 15.5. The van der Waals surface area contributed by atoms with Gasteiger partial charge in [0, 0.05) is 25.5 Å². The van der Waals surface area contributed by atoms with E-state index in [0.717, 1.165) is 0 Å². The van der Waals surface area contributed by atoms with Gasteiger partial charge in [-0.1, -0.05) is 162 Å². The third-order valence-electron chi connectivity index (χ3n) is 8.32. The molecule has 1 aliphatic heterocycles. The summed E-state index contributed by atoms with van der Waals surface area (Å²) in [6.45, 7) is 9.47. The van der Waals surface area contributed by atoms with E-state index in [1.54, 1.807) is 0 Å². The molecule has 1 heterocycles. The van der Waals surface area contributed by atoms with Crippen LogP contribution in [0.3, 0.4) is 0 Å². The van der Waals surface area contributed by atoms with Gasteiger partial charge in [0.25, 0.3) is 0 Å². The summed E-state index contributed by atoms with van der Waals surface area (Å²) >= 11 is 0. The van der Waals surface area contributed by atoms with Gasteiger partial charge in [-0.3, -0.25) is 0 Å². The maximum Gasteiger partial charge on any atom is 0.101 e. The van der Waals surface area contributed by atoms with Crippen molar-refractivity contribution < 1.29 is 0 Å². The molecule has 1 aliphatic rings. The zero-order chi connectivity index (χ0) is 25.9.